The molecule has 1 aromatic rings. The standard InChI is InChI=1S/C13H14F2O2/c14-10-6-11(15)8-12(7-10)17-5-4-9-2-1-3-13(9)16/h6-9H,1-5H2. The average molecular weight is 240 g/mol. The molecule has 1 atom stereocenters. The van der Waals surface area contributed by atoms with Crippen LogP contribution in [-0.4, -0.2) is 12.4 Å². The van der Waals surface area contributed by atoms with Crippen molar-refractivity contribution in [1.82, 2.24) is 0 Å². The second-order valence-corrected chi connectivity index (χ2v) is 4.30. The summed E-state index contributed by atoms with van der Waals surface area (Å²) in [6.07, 6.45) is 3.12. The Morgan fingerprint density at radius 1 is 1.24 bits per heavy atom. The molecule has 0 amide bonds. The van der Waals surface area contributed by atoms with Gasteiger partial charge in [0, 0.05) is 30.5 Å². The van der Waals surface area contributed by atoms with Crippen LogP contribution in [0.25, 0.3) is 0 Å². The number of benzene rings is 1. The van der Waals surface area contributed by atoms with Crippen LogP contribution in [0.1, 0.15) is 25.7 Å². The summed E-state index contributed by atoms with van der Waals surface area (Å²) in [5, 5.41) is 0. The zero-order valence-electron chi connectivity index (χ0n) is 9.42. The van der Waals surface area contributed by atoms with E-state index in [0.29, 0.717) is 19.4 Å². The summed E-state index contributed by atoms with van der Waals surface area (Å²) in [5.74, 6) is -0.797. The van der Waals surface area contributed by atoms with Gasteiger partial charge in [-0.25, -0.2) is 8.78 Å². The van der Waals surface area contributed by atoms with E-state index in [2.05, 4.69) is 0 Å². The molecule has 0 aromatic heterocycles. The number of ether oxygens (including phenoxy) is 1. The second kappa shape index (κ2) is 5.25. The van der Waals surface area contributed by atoms with Crippen molar-refractivity contribution in [2.45, 2.75) is 25.7 Å². The number of halogens is 2. The van der Waals surface area contributed by atoms with Crippen LogP contribution in [0, 0.1) is 17.6 Å². The van der Waals surface area contributed by atoms with E-state index >= 15 is 0 Å². The zero-order valence-corrected chi connectivity index (χ0v) is 9.42. The molecule has 1 aromatic carbocycles. The van der Waals surface area contributed by atoms with Gasteiger partial charge in [-0.15, -0.1) is 0 Å². The molecule has 0 radical (unpaired) electrons. The highest BCUT2D eigenvalue weighted by Gasteiger charge is 2.23. The Hall–Kier alpha value is -1.45. The van der Waals surface area contributed by atoms with Crippen LogP contribution in [0.4, 0.5) is 8.78 Å². The van der Waals surface area contributed by atoms with E-state index in [1.165, 1.54) is 0 Å². The minimum Gasteiger partial charge on any atom is -0.493 e. The van der Waals surface area contributed by atoms with E-state index < -0.39 is 11.6 Å². The summed E-state index contributed by atoms with van der Waals surface area (Å²) in [7, 11) is 0. The molecule has 2 nitrogen and oxygen atoms in total. The minimum atomic E-state index is -0.656. The van der Waals surface area contributed by atoms with Gasteiger partial charge < -0.3 is 4.74 Å². The molecule has 1 aliphatic carbocycles. The van der Waals surface area contributed by atoms with Gasteiger partial charge in [0.1, 0.15) is 23.2 Å². The maximum atomic E-state index is 12.8. The van der Waals surface area contributed by atoms with Crippen molar-refractivity contribution in [3.8, 4) is 5.75 Å². The fraction of sp³-hybridized carbons (Fsp3) is 0.462. The Labute approximate surface area is 98.6 Å². The van der Waals surface area contributed by atoms with Gasteiger partial charge in [-0.1, -0.05) is 0 Å². The molecule has 0 saturated heterocycles. The molecule has 0 heterocycles. The number of ketones is 1. The molecular weight excluding hydrogens is 226 g/mol. The average Bonchev–Trinajstić information content (AvgIpc) is 2.63. The van der Waals surface area contributed by atoms with E-state index in [4.69, 9.17) is 4.74 Å². The van der Waals surface area contributed by atoms with Crippen LogP contribution in [-0.2, 0) is 4.79 Å². The van der Waals surface area contributed by atoms with Crippen LogP contribution in [0.3, 0.4) is 0 Å². The molecule has 17 heavy (non-hydrogen) atoms. The van der Waals surface area contributed by atoms with E-state index in [1.807, 2.05) is 0 Å². The summed E-state index contributed by atoms with van der Waals surface area (Å²) in [4.78, 5) is 11.3. The van der Waals surface area contributed by atoms with Crippen molar-refractivity contribution >= 4 is 5.78 Å². The van der Waals surface area contributed by atoms with Gasteiger partial charge in [0.15, 0.2) is 0 Å². The summed E-state index contributed by atoms with van der Waals surface area (Å²) >= 11 is 0. The first kappa shape index (κ1) is 12.0. The molecule has 4 heteroatoms. The summed E-state index contributed by atoms with van der Waals surface area (Å²) in [6.45, 7) is 0.319. The van der Waals surface area contributed by atoms with Crippen LogP contribution >= 0.6 is 0 Å². The van der Waals surface area contributed by atoms with Gasteiger partial charge in [0.2, 0.25) is 0 Å². The third kappa shape index (κ3) is 3.25. The predicted octanol–water partition coefficient (Wildman–Crippen LogP) is 3.10. The highest BCUT2D eigenvalue weighted by atomic mass is 19.1. The first-order chi connectivity index (χ1) is 8.15. The Kier molecular flexibility index (Phi) is 3.71. The number of hydrogen-bond acceptors (Lipinski definition) is 2. The fourth-order valence-electron chi connectivity index (χ4n) is 2.12. The molecule has 92 valence electrons. The van der Waals surface area contributed by atoms with E-state index in [1.54, 1.807) is 0 Å². The molecule has 0 bridgehead atoms. The van der Waals surface area contributed by atoms with Gasteiger partial charge in [-0.05, 0) is 19.3 Å². The SMILES string of the molecule is O=C1CCCC1CCOc1cc(F)cc(F)c1. The third-order valence-corrected chi connectivity index (χ3v) is 3.00. The molecular formula is C13H14F2O2. The first-order valence-electron chi connectivity index (χ1n) is 5.77. The number of carbonyl (C=O) groups is 1. The second-order valence-electron chi connectivity index (χ2n) is 4.30. The first-order valence-corrected chi connectivity index (χ1v) is 5.77. The van der Waals surface area contributed by atoms with E-state index in [0.717, 1.165) is 31.0 Å². The lowest BCUT2D eigenvalue weighted by Crippen LogP contribution is -2.11. The molecule has 2 rings (SSSR count). The Bertz CT molecular complexity index is 398. The maximum Gasteiger partial charge on any atom is 0.136 e. The third-order valence-electron chi connectivity index (χ3n) is 3.00. The van der Waals surface area contributed by atoms with Crippen LogP contribution in [0.2, 0.25) is 0 Å². The predicted molar refractivity (Wildman–Crippen MR) is 58.8 cm³/mol. The van der Waals surface area contributed by atoms with Gasteiger partial charge in [-0.2, -0.15) is 0 Å². The molecule has 1 fully saturated rings. The van der Waals surface area contributed by atoms with Gasteiger partial charge in [-0.3, -0.25) is 4.79 Å². The largest absolute Gasteiger partial charge is 0.493 e. The fourth-order valence-corrected chi connectivity index (χ4v) is 2.12. The molecule has 1 unspecified atom stereocenters. The lowest BCUT2D eigenvalue weighted by atomic mass is 10.0. The summed E-state index contributed by atoms with van der Waals surface area (Å²) < 4.78 is 30.9. The molecule has 0 aliphatic heterocycles. The monoisotopic (exact) mass is 240 g/mol. The molecule has 0 N–H and O–H groups in total. The summed E-state index contributed by atoms with van der Waals surface area (Å²) in [6, 6.07) is 3.08. The van der Waals surface area contributed by atoms with Crippen molar-refractivity contribution < 1.29 is 18.3 Å². The highest BCUT2D eigenvalue weighted by Crippen LogP contribution is 2.24. The quantitative estimate of drug-likeness (QED) is 0.808. The smallest absolute Gasteiger partial charge is 0.136 e. The highest BCUT2D eigenvalue weighted by molar-refractivity contribution is 5.82. The molecule has 0 spiro atoms. The number of carbonyl (C=O) groups excluding carboxylic acids is 1. The minimum absolute atomic E-state index is 0.0633. The van der Waals surface area contributed by atoms with E-state index in [9.17, 15) is 13.6 Å². The van der Waals surface area contributed by atoms with Crippen LogP contribution < -0.4 is 4.74 Å². The maximum absolute atomic E-state index is 12.8. The Morgan fingerprint density at radius 2 is 1.94 bits per heavy atom. The lowest BCUT2D eigenvalue weighted by Gasteiger charge is -2.09. The number of rotatable bonds is 4. The van der Waals surface area contributed by atoms with Gasteiger partial charge in [0.25, 0.3) is 0 Å². The Morgan fingerprint density at radius 3 is 2.53 bits per heavy atom. The van der Waals surface area contributed by atoms with Crippen molar-refractivity contribution in [2.75, 3.05) is 6.61 Å². The molecule has 1 aliphatic rings. The van der Waals surface area contributed by atoms with Crippen molar-refractivity contribution in [3.63, 3.8) is 0 Å². The zero-order chi connectivity index (χ0) is 12.3. The van der Waals surface area contributed by atoms with Crippen LogP contribution in [0.5, 0.6) is 5.75 Å². The van der Waals surface area contributed by atoms with Crippen molar-refractivity contribution in [3.05, 3.63) is 29.8 Å². The molecule has 1 saturated carbocycles. The normalized spacial score (nSPS) is 19.6. The van der Waals surface area contributed by atoms with Gasteiger partial charge in [0.05, 0.1) is 6.61 Å². The van der Waals surface area contributed by atoms with Crippen molar-refractivity contribution in [1.29, 1.82) is 0 Å². The lowest BCUT2D eigenvalue weighted by molar-refractivity contribution is -0.121. The van der Waals surface area contributed by atoms with Crippen LogP contribution in [0.15, 0.2) is 18.2 Å². The Balaban J connectivity index is 1.83. The van der Waals surface area contributed by atoms with E-state index in [-0.39, 0.29) is 17.5 Å². The van der Waals surface area contributed by atoms with Crippen molar-refractivity contribution in [2.24, 2.45) is 5.92 Å². The number of Topliss-reactive ketones (excluding diaryl/α,β-unsaturated/α-hetero) is 1. The topological polar surface area (TPSA) is 26.3 Å². The van der Waals surface area contributed by atoms with Gasteiger partial charge >= 0.3 is 0 Å². The number of hydrogen-bond donors (Lipinski definition) is 0. The summed E-state index contributed by atoms with van der Waals surface area (Å²) in [5.41, 5.74) is 0.